The lowest BCUT2D eigenvalue weighted by molar-refractivity contribution is -0.114. The zero-order valence-corrected chi connectivity index (χ0v) is 9.60. The van der Waals surface area contributed by atoms with Crippen LogP contribution in [-0.4, -0.2) is 5.91 Å². The van der Waals surface area contributed by atoms with Crippen LogP contribution in [0, 0.1) is 0 Å². The molecule has 1 amide bonds. The summed E-state index contributed by atoms with van der Waals surface area (Å²) in [5.74, 6) is 0.0572. The fourth-order valence-corrected chi connectivity index (χ4v) is 1.26. The molecule has 17 heavy (non-hydrogen) atoms. The molecule has 1 aromatic rings. The van der Waals surface area contributed by atoms with E-state index >= 15 is 0 Å². The van der Waals surface area contributed by atoms with E-state index in [9.17, 15) is 4.79 Å². The Bertz CT molecular complexity index is 473. The fourth-order valence-electron chi connectivity index (χ4n) is 1.26. The van der Waals surface area contributed by atoms with Crippen molar-refractivity contribution in [3.63, 3.8) is 0 Å². The van der Waals surface area contributed by atoms with Gasteiger partial charge in [-0.05, 0) is 29.8 Å². The number of anilines is 1. The van der Waals surface area contributed by atoms with Crippen LogP contribution in [0.3, 0.4) is 0 Å². The molecule has 0 heterocycles. The van der Waals surface area contributed by atoms with Crippen LogP contribution in [0.25, 0.3) is 5.70 Å². The van der Waals surface area contributed by atoms with Gasteiger partial charge >= 0.3 is 0 Å². The molecule has 7 N–H and O–H groups in total. The molecule has 0 saturated heterocycles. The molecule has 1 rings (SSSR count). The molecule has 0 spiro atoms. The number of nitrogens with two attached hydrogens (primary N) is 3. The third kappa shape index (κ3) is 4.29. The van der Waals surface area contributed by atoms with E-state index in [2.05, 4.69) is 5.32 Å². The molecule has 5 heteroatoms. The molecule has 0 saturated carbocycles. The van der Waals surface area contributed by atoms with Crippen molar-refractivity contribution in [3.05, 3.63) is 47.8 Å². The summed E-state index contributed by atoms with van der Waals surface area (Å²) in [6.07, 6.45) is 3.13. The minimum atomic E-state index is -0.129. The first-order chi connectivity index (χ1) is 7.99. The number of rotatable bonds is 3. The zero-order chi connectivity index (χ0) is 12.8. The Balaban J connectivity index is 2.95. The number of hydrogen-bond acceptors (Lipinski definition) is 4. The maximum absolute atomic E-state index is 10.9. The zero-order valence-electron chi connectivity index (χ0n) is 9.60. The predicted octanol–water partition coefficient (Wildman–Crippen LogP) is 0.703. The molecule has 0 fully saturated rings. The van der Waals surface area contributed by atoms with E-state index in [1.54, 1.807) is 24.3 Å². The van der Waals surface area contributed by atoms with Gasteiger partial charge in [-0.3, -0.25) is 4.79 Å². The smallest absolute Gasteiger partial charge is 0.221 e. The average molecular weight is 232 g/mol. The third-order valence-electron chi connectivity index (χ3n) is 1.97. The van der Waals surface area contributed by atoms with E-state index < -0.39 is 0 Å². The minimum absolute atomic E-state index is 0.129. The third-order valence-corrected chi connectivity index (χ3v) is 1.97. The molecule has 0 aliphatic rings. The van der Waals surface area contributed by atoms with E-state index in [0.29, 0.717) is 11.4 Å². The monoisotopic (exact) mass is 232 g/mol. The van der Waals surface area contributed by atoms with E-state index in [1.165, 1.54) is 13.0 Å². The molecule has 1 aromatic carbocycles. The number of carbonyl (C=O) groups is 1. The summed E-state index contributed by atoms with van der Waals surface area (Å²) in [5, 5.41) is 2.68. The summed E-state index contributed by atoms with van der Waals surface area (Å²) in [6, 6.07) is 7.19. The van der Waals surface area contributed by atoms with E-state index in [1.807, 2.05) is 6.07 Å². The van der Waals surface area contributed by atoms with Gasteiger partial charge in [-0.15, -0.1) is 0 Å². The van der Waals surface area contributed by atoms with Crippen LogP contribution in [0.15, 0.2) is 42.2 Å². The van der Waals surface area contributed by atoms with Gasteiger partial charge in [0.25, 0.3) is 0 Å². The van der Waals surface area contributed by atoms with Gasteiger partial charge in [-0.25, -0.2) is 0 Å². The van der Waals surface area contributed by atoms with Crippen LogP contribution < -0.4 is 22.5 Å². The van der Waals surface area contributed by atoms with Crippen LogP contribution in [0.2, 0.25) is 0 Å². The molecule has 5 nitrogen and oxygen atoms in total. The number of allylic oxidation sites excluding steroid dienone is 2. The Morgan fingerprint density at radius 2 is 1.94 bits per heavy atom. The number of amides is 1. The lowest BCUT2D eigenvalue weighted by Gasteiger charge is -2.05. The van der Waals surface area contributed by atoms with Crippen LogP contribution in [0.5, 0.6) is 0 Å². The highest BCUT2D eigenvalue weighted by atomic mass is 16.1. The molecule has 0 atom stereocenters. The minimum Gasteiger partial charge on any atom is -0.398 e. The van der Waals surface area contributed by atoms with Gasteiger partial charge in [-0.1, -0.05) is 12.1 Å². The van der Waals surface area contributed by atoms with E-state index in [0.717, 1.165) is 5.56 Å². The number of benzene rings is 1. The molecular weight excluding hydrogens is 216 g/mol. The van der Waals surface area contributed by atoms with Gasteiger partial charge in [-0.2, -0.15) is 0 Å². The van der Waals surface area contributed by atoms with E-state index in [-0.39, 0.29) is 11.7 Å². The second-order valence-corrected chi connectivity index (χ2v) is 3.55. The van der Waals surface area contributed by atoms with Crippen molar-refractivity contribution in [2.75, 3.05) is 5.32 Å². The van der Waals surface area contributed by atoms with Crippen LogP contribution in [0.4, 0.5) is 5.69 Å². The normalized spacial score (nSPS) is 10.8. The van der Waals surface area contributed by atoms with Crippen molar-refractivity contribution in [1.82, 2.24) is 0 Å². The van der Waals surface area contributed by atoms with Crippen molar-refractivity contribution in [2.45, 2.75) is 6.92 Å². The van der Waals surface area contributed by atoms with Crippen molar-refractivity contribution < 1.29 is 4.79 Å². The maximum Gasteiger partial charge on any atom is 0.221 e. The SMILES string of the molecule is CC(=O)Nc1cccc(/C(N)=C/C=C(N)N)c1. The predicted molar refractivity (Wildman–Crippen MR) is 69.4 cm³/mol. The molecule has 0 aliphatic carbocycles. The first-order valence-electron chi connectivity index (χ1n) is 5.05. The quantitative estimate of drug-likeness (QED) is 0.575. The van der Waals surface area contributed by atoms with Crippen LogP contribution in [0.1, 0.15) is 12.5 Å². The van der Waals surface area contributed by atoms with Crippen molar-refractivity contribution in [1.29, 1.82) is 0 Å². The Labute approximate surface area is 100.0 Å². The molecule has 0 bridgehead atoms. The Hall–Kier alpha value is -2.43. The second-order valence-electron chi connectivity index (χ2n) is 3.55. The van der Waals surface area contributed by atoms with Gasteiger partial charge in [0.15, 0.2) is 0 Å². The number of carbonyl (C=O) groups excluding carboxylic acids is 1. The Morgan fingerprint density at radius 1 is 1.24 bits per heavy atom. The van der Waals surface area contributed by atoms with Crippen molar-refractivity contribution >= 4 is 17.3 Å². The highest BCUT2D eigenvalue weighted by Crippen LogP contribution is 2.15. The van der Waals surface area contributed by atoms with Gasteiger partial charge in [0.2, 0.25) is 5.91 Å². The summed E-state index contributed by atoms with van der Waals surface area (Å²) in [5.41, 5.74) is 18.4. The first kappa shape index (κ1) is 12.6. The summed E-state index contributed by atoms with van der Waals surface area (Å²) in [4.78, 5) is 10.9. The fraction of sp³-hybridized carbons (Fsp3) is 0.0833. The number of nitrogens with one attached hydrogen (secondary N) is 1. The largest absolute Gasteiger partial charge is 0.398 e. The highest BCUT2D eigenvalue weighted by Gasteiger charge is 1.99. The maximum atomic E-state index is 10.9. The van der Waals surface area contributed by atoms with Crippen LogP contribution >= 0.6 is 0 Å². The molecule has 0 aromatic heterocycles. The first-order valence-corrected chi connectivity index (χ1v) is 5.05. The topological polar surface area (TPSA) is 107 Å². The van der Waals surface area contributed by atoms with Gasteiger partial charge < -0.3 is 22.5 Å². The van der Waals surface area contributed by atoms with E-state index in [4.69, 9.17) is 17.2 Å². The average Bonchev–Trinajstić information content (AvgIpc) is 2.25. The second kappa shape index (κ2) is 5.60. The molecule has 0 radical (unpaired) electrons. The Morgan fingerprint density at radius 3 is 2.53 bits per heavy atom. The molecule has 0 aliphatic heterocycles. The standard InChI is InChI=1S/C12H16N4O/c1-8(17)16-10-4-2-3-9(7-10)11(13)5-6-12(14)15/h2-7H,13-15H2,1H3,(H,16,17)/b11-5-. The summed E-state index contributed by atoms with van der Waals surface area (Å²) < 4.78 is 0. The van der Waals surface area contributed by atoms with Crippen LogP contribution in [-0.2, 0) is 4.79 Å². The summed E-state index contributed by atoms with van der Waals surface area (Å²) >= 11 is 0. The van der Waals surface area contributed by atoms with Crippen molar-refractivity contribution in [3.8, 4) is 0 Å². The highest BCUT2D eigenvalue weighted by molar-refractivity contribution is 5.89. The van der Waals surface area contributed by atoms with Gasteiger partial charge in [0, 0.05) is 18.3 Å². The number of hydrogen-bond donors (Lipinski definition) is 4. The van der Waals surface area contributed by atoms with Crippen molar-refractivity contribution in [2.24, 2.45) is 17.2 Å². The Kier molecular flexibility index (Phi) is 4.16. The summed E-state index contributed by atoms with van der Waals surface area (Å²) in [6.45, 7) is 1.45. The van der Waals surface area contributed by atoms with Gasteiger partial charge in [0.05, 0.1) is 5.82 Å². The molecular formula is C12H16N4O. The molecule has 90 valence electrons. The lowest BCUT2D eigenvalue weighted by atomic mass is 10.1. The summed E-state index contributed by atoms with van der Waals surface area (Å²) in [7, 11) is 0. The molecule has 0 unspecified atom stereocenters. The van der Waals surface area contributed by atoms with Gasteiger partial charge in [0.1, 0.15) is 0 Å². The lowest BCUT2D eigenvalue weighted by Crippen LogP contribution is -2.08.